The van der Waals surface area contributed by atoms with E-state index in [0.29, 0.717) is 11.5 Å². The molecular formula is C19H31F2IN4O. The third kappa shape index (κ3) is 9.05. The van der Waals surface area contributed by atoms with Crippen LogP contribution in [0, 0.1) is 5.92 Å². The van der Waals surface area contributed by atoms with Crippen LogP contribution >= 0.6 is 24.0 Å². The molecule has 0 radical (unpaired) electrons. The second-order valence-electron chi connectivity index (χ2n) is 6.64. The van der Waals surface area contributed by atoms with Crippen molar-refractivity contribution in [2.75, 3.05) is 33.2 Å². The molecule has 5 nitrogen and oxygen atoms in total. The number of benzene rings is 1. The Bertz CT molecular complexity index is 566. The second kappa shape index (κ2) is 13.1. The average Bonchev–Trinajstić information content (AvgIpc) is 2.62. The lowest BCUT2D eigenvalue weighted by Crippen LogP contribution is -2.39. The van der Waals surface area contributed by atoms with Gasteiger partial charge in [-0.1, -0.05) is 18.2 Å². The molecule has 0 aliphatic carbocycles. The van der Waals surface area contributed by atoms with E-state index in [-0.39, 0.29) is 36.3 Å². The fraction of sp³-hybridized carbons (Fsp3) is 0.632. The Hall–Kier alpha value is -1.16. The molecule has 0 aromatic heterocycles. The summed E-state index contributed by atoms with van der Waals surface area (Å²) < 4.78 is 29.6. The molecule has 1 aliphatic rings. The van der Waals surface area contributed by atoms with Gasteiger partial charge >= 0.3 is 6.61 Å². The van der Waals surface area contributed by atoms with Gasteiger partial charge in [-0.2, -0.15) is 8.78 Å². The maximum absolute atomic E-state index is 12.5. The van der Waals surface area contributed by atoms with Crippen molar-refractivity contribution in [2.24, 2.45) is 10.9 Å². The number of rotatable bonds is 8. The summed E-state index contributed by atoms with van der Waals surface area (Å²) in [6.45, 7) is 3.39. The molecule has 0 unspecified atom stereocenters. The predicted molar refractivity (Wildman–Crippen MR) is 116 cm³/mol. The number of alkyl halides is 2. The lowest BCUT2D eigenvalue weighted by Gasteiger charge is -2.29. The first-order valence-corrected chi connectivity index (χ1v) is 9.32. The van der Waals surface area contributed by atoms with Crippen LogP contribution in [0.4, 0.5) is 8.78 Å². The van der Waals surface area contributed by atoms with Gasteiger partial charge in [0, 0.05) is 18.7 Å². The van der Waals surface area contributed by atoms with Crippen LogP contribution in [0.5, 0.6) is 5.75 Å². The van der Waals surface area contributed by atoms with Gasteiger partial charge in [0.05, 0.1) is 6.54 Å². The van der Waals surface area contributed by atoms with Crippen LogP contribution in [0.25, 0.3) is 0 Å². The summed E-state index contributed by atoms with van der Waals surface area (Å²) in [7, 11) is 2.17. The average molecular weight is 496 g/mol. The predicted octanol–water partition coefficient (Wildman–Crippen LogP) is 3.69. The molecule has 1 fully saturated rings. The van der Waals surface area contributed by atoms with Crippen LogP contribution < -0.4 is 15.4 Å². The van der Waals surface area contributed by atoms with Gasteiger partial charge in [0.25, 0.3) is 0 Å². The largest absolute Gasteiger partial charge is 0.434 e. The summed E-state index contributed by atoms with van der Waals surface area (Å²) in [5, 5.41) is 6.55. The zero-order chi connectivity index (χ0) is 18.8. The number of hydrogen-bond acceptors (Lipinski definition) is 3. The van der Waals surface area contributed by atoms with E-state index in [1.165, 1.54) is 32.0 Å². The van der Waals surface area contributed by atoms with Crippen molar-refractivity contribution >= 4 is 29.9 Å². The second-order valence-corrected chi connectivity index (χ2v) is 6.64. The minimum absolute atomic E-state index is 0. The number of nitrogens with one attached hydrogen (secondary N) is 2. The van der Waals surface area contributed by atoms with Gasteiger partial charge in [-0.15, -0.1) is 24.0 Å². The third-order valence-electron chi connectivity index (χ3n) is 4.62. The number of hydrogen-bond donors (Lipinski definition) is 2. The molecule has 2 N–H and O–H groups in total. The zero-order valence-corrected chi connectivity index (χ0v) is 18.4. The van der Waals surface area contributed by atoms with E-state index in [1.54, 1.807) is 18.2 Å². The van der Waals surface area contributed by atoms with Crippen molar-refractivity contribution < 1.29 is 13.5 Å². The molecular weight excluding hydrogens is 465 g/mol. The Balaban J connectivity index is 0.00000364. The van der Waals surface area contributed by atoms with Crippen LogP contribution in [0.1, 0.15) is 31.7 Å². The molecule has 154 valence electrons. The Morgan fingerprint density at radius 3 is 2.63 bits per heavy atom. The van der Waals surface area contributed by atoms with Gasteiger partial charge in [-0.25, -0.2) is 4.99 Å². The summed E-state index contributed by atoms with van der Waals surface area (Å²) >= 11 is 0. The maximum atomic E-state index is 12.5. The van der Waals surface area contributed by atoms with Crippen LogP contribution in [0.2, 0.25) is 0 Å². The van der Waals surface area contributed by atoms with Gasteiger partial charge in [-0.3, -0.25) is 0 Å². The van der Waals surface area contributed by atoms with Gasteiger partial charge in [0.1, 0.15) is 5.75 Å². The number of likely N-dealkylation sites (tertiary alicyclic amines) is 1. The lowest BCUT2D eigenvalue weighted by atomic mass is 9.94. The van der Waals surface area contributed by atoms with Crippen molar-refractivity contribution in [1.29, 1.82) is 0 Å². The topological polar surface area (TPSA) is 48.9 Å². The highest BCUT2D eigenvalue weighted by atomic mass is 127. The molecule has 1 aromatic rings. The minimum Gasteiger partial charge on any atom is -0.434 e. The monoisotopic (exact) mass is 496 g/mol. The number of halogens is 3. The van der Waals surface area contributed by atoms with E-state index in [0.717, 1.165) is 25.4 Å². The Morgan fingerprint density at radius 1 is 1.26 bits per heavy atom. The van der Waals surface area contributed by atoms with E-state index in [2.05, 4.69) is 32.3 Å². The van der Waals surface area contributed by atoms with Crippen molar-refractivity contribution in [3.63, 3.8) is 0 Å². The first-order chi connectivity index (χ1) is 12.6. The molecule has 0 atom stereocenters. The van der Waals surface area contributed by atoms with E-state index >= 15 is 0 Å². The fourth-order valence-corrected chi connectivity index (χ4v) is 3.10. The van der Waals surface area contributed by atoms with E-state index < -0.39 is 6.61 Å². The molecule has 0 amide bonds. The third-order valence-corrected chi connectivity index (χ3v) is 4.62. The van der Waals surface area contributed by atoms with Gasteiger partial charge < -0.3 is 20.3 Å². The molecule has 27 heavy (non-hydrogen) atoms. The summed E-state index contributed by atoms with van der Waals surface area (Å²) in [5.74, 6) is 1.63. The molecule has 1 heterocycles. The molecule has 1 aromatic carbocycles. The zero-order valence-electron chi connectivity index (χ0n) is 16.1. The van der Waals surface area contributed by atoms with E-state index in [1.807, 2.05) is 6.92 Å². The Kier molecular flexibility index (Phi) is 11.6. The standard InChI is InChI=1S/C19H30F2N4O.HI/c1-3-22-19(23-11-8-15-9-12-25(2)13-10-15)24-14-16-6-4-5-7-17(16)26-18(20)21;/h4-7,15,18H,3,8-14H2,1-2H3,(H2,22,23,24);1H. The van der Waals surface area contributed by atoms with Crippen LogP contribution in [-0.2, 0) is 6.54 Å². The number of guanidine groups is 1. The van der Waals surface area contributed by atoms with Crippen LogP contribution in [0.3, 0.4) is 0 Å². The minimum atomic E-state index is -2.83. The first-order valence-electron chi connectivity index (χ1n) is 9.32. The molecule has 0 saturated carbocycles. The van der Waals surface area contributed by atoms with Crippen LogP contribution in [-0.4, -0.2) is 50.7 Å². The van der Waals surface area contributed by atoms with Crippen molar-refractivity contribution in [3.05, 3.63) is 29.8 Å². The highest BCUT2D eigenvalue weighted by Crippen LogP contribution is 2.21. The van der Waals surface area contributed by atoms with Crippen molar-refractivity contribution in [1.82, 2.24) is 15.5 Å². The Labute approximate surface area is 178 Å². The van der Waals surface area contributed by atoms with Gasteiger partial charge in [0.15, 0.2) is 5.96 Å². The van der Waals surface area contributed by atoms with E-state index in [9.17, 15) is 8.78 Å². The number of piperidine rings is 1. The SMILES string of the molecule is CCNC(=NCc1ccccc1OC(F)F)NCCC1CCN(C)CC1.I. The van der Waals surface area contributed by atoms with E-state index in [4.69, 9.17) is 0 Å². The summed E-state index contributed by atoms with van der Waals surface area (Å²) in [6, 6.07) is 6.76. The maximum Gasteiger partial charge on any atom is 0.387 e. The molecule has 2 rings (SSSR count). The summed E-state index contributed by atoms with van der Waals surface area (Å²) in [4.78, 5) is 6.88. The smallest absolute Gasteiger partial charge is 0.387 e. The highest BCUT2D eigenvalue weighted by molar-refractivity contribution is 14.0. The van der Waals surface area contributed by atoms with Gasteiger partial charge in [0.2, 0.25) is 0 Å². The normalized spacial score (nSPS) is 16.1. The van der Waals surface area contributed by atoms with Crippen molar-refractivity contribution in [3.8, 4) is 5.75 Å². The molecule has 1 saturated heterocycles. The fourth-order valence-electron chi connectivity index (χ4n) is 3.10. The molecule has 0 spiro atoms. The number of para-hydroxylation sites is 1. The number of nitrogens with zero attached hydrogens (tertiary/aromatic N) is 2. The van der Waals surface area contributed by atoms with Crippen molar-refractivity contribution in [2.45, 2.75) is 39.3 Å². The number of ether oxygens (including phenoxy) is 1. The quantitative estimate of drug-likeness (QED) is 0.328. The van der Waals surface area contributed by atoms with Gasteiger partial charge in [-0.05, 0) is 58.3 Å². The van der Waals surface area contributed by atoms with Crippen LogP contribution in [0.15, 0.2) is 29.3 Å². The summed E-state index contributed by atoms with van der Waals surface area (Å²) in [6.07, 6.45) is 3.59. The Morgan fingerprint density at radius 2 is 1.96 bits per heavy atom. The molecule has 0 bridgehead atoms. The lowest BCUT2D eigenvalue weighted by molar-refractivity contribution is -0.0504. The molecule has 1 aliphatic heterocycles. The first kappa shape index (κ1) is 23.9. The molecule has 8 heteroatoms. The highest BCUT2D eigenvalue weighted by Gasteiger charge is 2.16. The summed E-state index contributed by atoms with van der Waals surface area (Å²) in [5.41, 5.74) is 0.639. The number of aliphatic imine (C=N–C) groups is 1.